The molecule has 0 radical (unpaired) electrons. The molecule has 0 bridgehead atoms. The van der Waals surface area contributed by atoms with Crippen LogP contribution in [-0.2, 0) is 14.3 Å². The highest BCUT2D eigenvalue weighted by Gasteiger charge is 2.19. The third-order valence-corrected chi connectivity index (χ3v) is 2.87. The summed E-state index contributed by atoms with van der Waals surface area (Å²) < 4.78 is 9.86. The maximum Gasteiger partial charge on any atom is 0.322 e. The molecule has 1 N–H and O–H groups in total. The molecule has 102 valence electrons. The molecule has 0 saturated heterocycles. The van der Waals surface area contributed by atoms with Crippen LogP contribution in [0.3, 0.4) is 0 Å². The number of esters is 1. The summed E-state index contributed by atoms with van der Waals surface area (Å²) in [6.45, 7) is 6.37. The topological polar surface area (TPSA) is 50.8 Å². The highest BCUT2D eigenvalue weighted by atomic mass is 16.5. The van der Waals surface area contributed by atoms with Gasteiger partial charge in [0.1, 0.15) is 6.04 Å². The molecule has 0 spiro atoms. The van der Waals surface area contributed by atoms with E-state index in [1.54, 1.807) is 7.11 Å². The molecule has 0 aromatic carbocycles. The second-order valence-electron chi connectivity index (χ2n) is 4.21. The highest BCUT2D eigenvalue weighted by molar-refractivity contribution is 5.75. The lowest BCUT2D eigenvalue weighted by atomic mass is 10.2. The summed E-state index contributed by atoms with van der Waals surface area (Å²) in [5.74, 6) is -0.195. The van der Waals surface area contributed by atoms with E-state index in [0.717, 1.165) is 19.5 Å². The molecule has 5 nitrogen and oxygen atoms in total. The predicted octanol–water partition coefficient (Wildman–Crippen LogP) is 0.494. The van der Waals surface area contributed by atoms with Crippen LogP contribution in [0.1, 0.15) is 20.3 Å². The van der Waals surface area contributed by atoms with Gasteiger partial charge in [-0.1, -0.05) is 6.92 Å². The Balaban J connectivity index is 4.06. The molecular formula is C12H26N2O3. The van der Waals surface area contributed by atoms with Gasteiger partial charge < -0.3 is 19.7 Å². The first kappa shape index (κ1) is 16.4. The molecule has 0 rings (SSSR count). The van der Waals surface area contributed by atoms with Gasteiger partial charge in [-0.25, -0.2) is 0 Å². The Morgan fingerprint density at radius 3 is 2.53 bits per heavy atom. The first-order valence-corrected chi connectivity index (χ1v) is 6.07. The molecule has 2 unspecified atom stereocenters. The third-order valence-electron chi connectivity index (χ3n) is 2.87. The van der Waals surface area contributed by atoms with Crippen molar-refractivity contribution in [2.45, 2.75) is 32.4 Å². The van der Waals surface area contributed by atoms with Crippen molar-refractivity contribution in [3.8, 4) is 0 Å². The largest absolute Gasteiger partial charge is 0.468 e. The van der Waals surface area contributed by atoms with Crippen molar-refractivity contribution in [3.63, 3.8) is 0 Å². The number of likely N-dealkylation sites (N-methyl/N-ethyl adjacent to an activating group) is 2. The van der Waals surface area contributed by atoms with Crippen LogP contribution in [0.15, 0.2) is 0 Å². The van der Waals surface area contributed by atoms with Gasteiger partial charge in [0.15, 0.2) is 0 Å². The zero-order chi connectivity index (χ0) is 13.3. The van der Waals surface area contributed by atoms with Gasteiger partial charge in [0.25, 0.3) is 0 Å². The summed E-state index contributed by atoms with van der Waals surface area (Å²) in [6.07, 6.45) is 0.741. The average Bonchev–Trinajstić information content (AvgIpc) is 2.33. The maximum absolute atomic E-state index is 11.5. The van der Waals surface area contributed by atoms with Crippen molar-refractivity contribution in [2.75, 3.05) is 41.0 Å². The van der Waals surface area contributed by atoms with E-state index in [9.17, 15) is 4.79 Å². The van der Waals surface area contributed by atoms with E-state index in [1.807, 2.05) is 14.0 Å². The Bertz CT molecular complexity index is 212. The van der Waals surface area contributed by atoms with Crippen LogP contribution in [0.2, 0.25) is 0 Å². The standard InChI is InChI=1S/C12H26N2O3/c1-6-13-11(12(15)17-5)7-8-14(3)10(2)9-16-4/h10-11,13H,6-9H2,1-5H3. The Morgan fingerprint density at radius 1 is 1.41 bits per heavy atom. The Hall–Kier alpha value is -0.650. The van der Waals surface area contributed by atoms with E-state index in [1.165, 1.54) is 7.11 Å². The van der Waals surface area contributed by atoms with Gasteiger partial charge in [-0.3, -0.25) is 4.79 Å². The van der Waals surface area contributed by atoms with Crippen molar-refractivity contribution in [2.24, 2.45) is 0 Å². The molecule has 5 heteroatoms. The number of carbonyl (C=O) groups is 1. The van der Waals surface area contributed by atoms with Crippen LogP contribution in [0.5, 0.6) is 0 Å². The summed E-state index contributed by atoms with van der Waals surface area (Å²) in [7, 11) is 5.15. The number of hydrogen-bond donors (Lipinski definition) is 1. The van der Waals surface area contributed by atoms with Crippen molar-refractivity contribution in [1.82, 2.24) is 10.2 Å². The van der Waals surface area contributed by atoms with E-state index in [2.05, 4.69) is 17.1 Å². The van der Waals surface area contributed by atoms with Gasteiger partial charge in [0.2, 0.25) is 0 Å². The maximum atomic E-state index is 11.5. The fourth-order valence-corrected chi connectivity index (χ4v) is 1.61. The van der Waals surface area contributed by atoms with Gasteiger partial charge in [-0.05, 0) is 26.9 Å². The van der Waals surface area contributed by atoms with Crippen LogP contribution in [-0.4, -0.2) is 63.9 Å². The van der Waals surface area contributed by atoms with Crippen LogP contribution in [0, 0.1) is 0 Å². The lowest BCUT2D eigenvalue weighted by molar-refractivity contribution is -0.143. The summed E-state index contributed by atoms with van der Waals surface area (Å²) in [5, 5.41) is 3.13. The van der Waals surface area contributed by atoms with Crippen LogP contribution < -0.4 is 5.32 Å². The zero-order valence-electron chi connectivity index (χ0n) is 11.7. The molecule has 0 heterocycles. The average molecular weight is 246 g/mol. The highest BCUT2D eigenvalue weighted by Crippen LogP contribution is 2.01. The van der Waals surface area contributed by atoms with Crippen LogP contribution in [0.25, 0.3) is 0 Å². The van der Waals surface area contributed by atoms with Gasteiger partial charge in [0, 0.05) is 19.7 Å². The minimum atomic E-state index is -0.220. The predicted molar refractivity (Wildman–Crippen MR) is 68.1 cm³/mol. The molecular weight excluding hydrogens is 220 g/mol. The summed E-state index contributed by atoms with van der Waals surface area (Å²) in [6, 6.07) is 0.127. The molecule has 2 atom stereocenters. The lowest BCUT2D eigenvalue weighted by Gasteiger charge is -2.25. The molecule has 0 aliphatic rings. The molecule has 0 aromatic rings. The molecule has 0 amide bonds. The van der Waals surface area contributed by atoms with Crippen molar-refractivity contribution < 1.29 is 14.3 Å². The number of methoxy groups -OCH3 is 2. The fourth-order valence-electron chi connectivity index (χ4n) is 1.61. The van der Waals surface area contributed by atoms with E-state index >= 15 is 0 Å². The molecule has 0 aromatic heterocycles. The number of ether oxygens (including phenoxy) is 2. The summed E-state index contributed by atoms with van der Waals surface area (Å²) >= 11 is 0. The SMILES string of the molecule is CCNC(CCN(C)C(C)COC)C(=O)OC. The van der Waals surface area contributed by atoms with Crippen LogP contribution in [0.4, 0.5) is 0 Å². The Labute approximate surface area is 104 Å². The molecule has 0 fully saturated rings. The van der Waals surface area contributed by atoms with Crippen molar-refractivity contribution in [1.29, 1.82) is 0 Å². The fraction of sp³-hybridized carbons (Fsp3) is 0.917. The van der Waals surface area contributed by atoms with Crippen molar-refractivity contribution >= 4 is 5.97 Å². The van der Waals surface area contributed by atoms with E-state index in [-0.39, 0.29) is 12.0 Å². The second kappa shape index (κ2) is 9.39. The lowest BCUT2D eigenvalue weighted by Crippen LogP contribution is -2.42. The minimum absolute atomic E-state index is 0.195. The molecule has 0 aliphatic carbocycles. The van der Waals surface area contributed by atoms with Gasteiger partial charge >= 0.3 is 5.97 Å². The zero-order valence-corrected chi connectivity index (χ0v) is 11.7. The quantitative estimate of drug-likeness (QED) is 0.600. The van der Waals surface area contributed by atoms with Gasteiger partial charge in [0.05, 0.1) is 13.7 Å². The number of rotatable bonds is 9. The second-order valence-corrected chi connectivity index (χ2v) is 4.21. The first-order valence-electron chi connectivity index (χ1n) is 6.07. The molecule has 17 heavy (non-hydrogen) atoms. The summed E-state index contributed by atoms with van der Waals surface area (Å²) in [4.78, 5) is 13.7. The number of hydrogen-bond acceptors (Lipinski definition) is 5. The van der Waals surface area contributed by atoms with E-state index < -0.39 is 0 Å². The smallest absolute Gasteiger partial charge is 0.322 e. The minimum Gasteiger partial charge on any atom is -0.468 e. The number of carbonyl (C=O) groups excluding carboxylic acids is 1. The summed E-state index contributed by atoms with van der Waals surface area (Å²) in [5.41, 5.74) is 0. The van der Waals surface area contributed by atoms with Crippen molar-refractivity contribution in [3.05, 3.63) is 0 Å². The van der Waals surface area contributed by atoms with E-state index in [4.69, 9.17) is 9.47 Å². The van der Waals surface area contributed by atoms with Gasteiger partial charge in [-0.2, -0.15) is 0 Å². The van der Waals surface area contributed by atoms with Crippen LogP contribution >= 0.6 is 0 Å². The third kappa shape index (κ3) is 6.61. The Morgan fingerprint density at radius 2 is 2.06 bits per heavy atom. The first-order chi connectivity index (χ1) is 8.06. The van der Waals surface area contributed by atoms with Gasteiger partial charge in [-0.15, -0.1) is 0 Å². The Kier molecular flexibility index (Phi) is 9.03. The van der Waals surface area contributed by atoms with E-state index in [0.29, 0.717) is 12.6 Å². The molecule has 0 saturated carbocycles. The number of nitrogens with one attached hydrogen (secondary N) is 1. The monoisotopic (exact) mass is 246 g/mol. The normalized spacial score (nSPS) is 14.7. The number of nitrogens with zero attached hydrogens (tertiary/aromatic N) is 1. The molecule has 0 aliphatic heterocycles.